The van der Waals surface area contributed by atoms with E-state index in [1.807, 2.05) is 36.4 Å². The Morgan fingerprint density at radius 3 is 2.46 bits per heavy atom. The van der Waals surface area contributed by atoms with E-state index in [2.05, 4.69) is 76.7 Å². The maximum absolute atomic E-state index is 14.7. The molecule has 71 heavy (non-hydrogen) atoms. The summed E-state index contributed by atoms with van der Waals surface area (Å²) in [5, 5.41) is 36.0. The molecule has 5 aliphatic rings. The number of Topliss-reactive ketones (excluding diaryl/α,β-unsaturated/α-hetero) is 1. The van der Waals surface area contributed by atoms with Crippen molar-refractivity contribution in [2.45, 2.75) is 94.8 Å². The van der Waals surface area contributed by atoms with Gasteiger partial charge in [-0.05, 0) is 90.1 Å². The molecule has 4 atom stereocenters. The number of carbonyl (C=O) groups excluding carboxylic acids is 1. The molecule has 5 heterocycles. The van der Waals surface area contributed by atoms with Crippen LogP contribution >= 0.6 is 0 Å². The molecule has 1 spiro atoms. The summed E-state index contributed by atoms with van der Waals surface area (Å²) in [6.45, 7) is 5.00. The number of aliphatic hydroxyl groups excluding tert-OH is 2. The summed E-state index contributed by atoms with van der Waals surface area (Å²) in [5.41, 5.74) is 9.73. The van der Waals surface area contributed by atoms with Crippen LogP contribution in [-0.2, 0) is 31.1 Å². The van der Waals surface area contributed by atoms with Gasteiger partial charge in [0.05, 0.1) is 38.9 Å². The molecule has 1 aliphatic carbocycles. The molecule has 11 nitrogen and oxygen atoms in total. The van der Waals surface area contributed by atoms with Crippen LogP contribution < -0.4 is 29.2 Å². The first-order chi connectivity index (χ1) is 34.7. The van der Waals surface area contributed by atoms with Crippen LogP contribution in [0.4, 0.5) is 5.82 Å². The van der Waals surface area contributed by atoms with Crippen molar-refractivity contribution in [2.24, 2.45) is 5.92 Å². The van der Waals surface area contributed by atoms with Crippen LogP contribution in [0.25, 0.3) is 17.2 Å². The van der Waals surface area contributed by atoms with Gasteiger partial charge < -0.3 is 49.5 Å². The van der Waals surface area contributed by atoms with Crippen LogP contribution in [0.15, 0.2) is 115 Å². The van der Waals surface area contributed by atoms with Crippen molar-refractivity contribution < 1.29 is 39.1 Å². The topological polar surface area (TPSA) is 146 Å². The highest BCUT2D eigenvalue weighted by atomic mass is 16.5. The maximum atomic E-state index is 14.7. The zero-order valence-electron chi connectivity index (χ0n) is 41.0. The second-order valence-electron chi connectivity index (χ2n) is 19.8. The number of phenolic OH excluding ortho intramolecular Hbond substituents is 1. The van der Waals surface area contributed by atoms with Crippen molar-refractivity contribution in [1.29, 1.82) is 0 Å². The van der Waals surface area contributed by atoms with Crippen molar-refractivity contribution in [3.8, 4) is 39.9 Å². The van der Waals surface area contributed by atoms with Crippen molar-refractivity contribution >= 4 is 17.7 Å². The first kappa shape index (κ1) is 48.1. The molecule has 5 aromatic carbocycles. The standard InChI is InChI=1S/C60H67N3O8/c1-3-46-34-50-44-13-9-12-40(33-44)17-25-49-55-54(51(67)35-52(71-55)43-18-23-47(65)24-19-43)57(69-31-26-48(66)22-16-39-10-5-4-6-11-39)58(68-2)56(49)70-38-42(37-64)32-41-14-20-45(21-15-41)60(27-7-8-28-60)53-36-61-29-30-63(53)59(50)62-46/h4-6,9-16,18-24,33-34,42,48,52-53,61-62,64-66H,3,7-8,17,25-32,35-38H2,1-2H3. The molecule has 6 aromatic rings. The Bertz CT molecular complexity index is 2820. The molecule has 0 radical (unpaired) electrons. The minimum Gasteiger partial charge on any atom is -0.508 e. The third-order valence-electron chi connectivity index (χ3n) is 15.3. The summed E-state index contributed by atoms with van der Waals surface area (Å²) in [4.78, 5) is 21.3. The first-order valence-corrected chi connectivity index (χ1v) is 25.7. The smallest absolute Gasteiger partial charge is 0.204 e. The normalized spacial score (nSPS) is 20.3. The van der Waals surface area contributed by atoms with Crippen molar-refractivity contribution in [3.05, 3.63) is 160 Å². The Kier molecular flexibility index (Phi) is 14.5. The molecule has 11 rings (SSSR count). The highest BCUT2D eigenvalue weighted by Gasteiger charge is 2.47. The van der Waals surface area contributed by atoms with Gasteiger partial charge in [0, 0.05) is 60.8 Å². The van der Waals surface area contributed by atoms with Gasteiger partial charge in [-0.25, -0.2) is 0 Å². The number of nitrogens with zero attached hydrogens (tertiary/aromatic N) is 1. The molecule has 4 aliphatic heterocycles. The van der Waals surface area contributed by atoms with E-state index in [1.54, 1.807) is 37.5 Å². The van der Waals surface area contributed by atoms with Crippen LogP contribution in [0.3, 0.4) is 0 Å². The summed E-state index contributed by atoms with van der Waals surface area (Å²) in [7, 11) is 1.55. The number of hydrogen-bond donors (Lipinski definition) is 5. The largest absolute Gasteiger partial charge is 0.508 e. The number of nitrogens with one attached hydrogen (secondary N) is 2. The van der Waals surface area contributed by atoms with Gasteiger partial charge in [0.1, 0.15) is 29.0 Å². The van der Waals surface area contributed by atoms with Crippen LogP contribution in [-0.4, -0.2) is 84.8 Å². The number of ketones is 1. The summed E-state index contributed by atoms with van der Waals surface area (Å²) in [5.74, 6) is 2.02. The third kappa shape index (κ3) is 10.1. The molecule has 11 heteroatoms. The van der Waals surface area contributed by atoms with E-state index in [9.17, 15) is 20.1 Å². The van der Waals surface area contributed by atoms with E-state index in [-0.39, 0.29) is 78.6 Å². The predicted octanol–water partition coefficient (Wildman–Crippen LogP) is 10.1. The molecule has 370 valence electrons. The molecule has 1 saturated heterocycles. The molecule has 4 unspecified atom stereocenters. The maximum Gasteiger partial charge on any atom is 0.204 e. The van der Waals surface area contributed by atoms with Gasteiger partial charge in [0.25, 0.3) is 0 Å². The molecule has 4 bridgehead atoms. The first-order valence-electron chi connectivity index (χ1n) is 25.7. The number of fused-ring (bicyclic) bond motifs is 7. The number of hydrogen-bond acceptors (Lipinski definition) is 10. The number of aryl methyl sites for hydroxylation is 2. The lowest BCUT2D eigenvalue weighted by Gasteiger charge is -2.48. The fourth-order valence-electron chi connectivity index (χ4n) is 11.6. The number of methoxy groups -OCH3 is 1. The van der Waals surface area contributed by atoms with E-state index in [0.29, 0.717) is 36.3 Å². The molecule has 5 N–H and O–H groups in total. The fraction of sp³-hybridized carbons (Fsp3) is 0.383. The number of aromatic hydroxyl groups is 1. The fourth-order valence-corrected chi connectivity index (χ4v) is 11.6. The average Bonchev–Trinajstić information content (AvgIpc) is 4.09. The van der Waals surface area contributed by atoms with Crippen LogP contribution in [0.1, 0.15) is 101 Å². The van der Waals surface area contributed by atoms with Gasteiger partial charge in [-0.1, -0.05) is 123 Å². The Labute approximate surface area is 417 Å². The Hall–Kier alpha value is -6.53. The highest BCUT2D eigenvalue weighted by Crippen LogP contribution is 2.54. The number of aromatic nitrogens is 1. The van der Waals surface area contributed by atoms with Crippen molar-refractivity contribution in [1.82, 2.24) is 10.3 Å². The minimum atomic E-state index is -0.820. The summed E-state index contributed by atoms with van der Waals surface area (Å²) >= 11 is 0. The van der Waals surface area contributed by atoms with Gasteiger partial charge in [-0.15, -0.1) is 0 Å². The summed E-state index contributed by atoms with van der Waals surface area (Å²) in [6.07, 6.45) is 9.52. The van der Waals surface area contributed by atoms with E-state index < -0.39 is 12.2 Å². The number of aromatic amines is 1. The van der Waals surface area contributed by atoms with Gasteiger partial charge >= 0.3 is 0 Å². The summed E-state index contributed by atoms with van der Waals surface area (Å²) in [6, 6.07) is 37.0. The quantitative estimate of drug-likeness (QED) is 0.0900. The van der Waals surface area contributed by atoms with E-state index in [1.165, 1.54) is 35.5 Å². The highest BCUT2D eigenvalue weighted by molar-refractivity contribution is 6.04. The van der Waals surface area contributed by atoms with Crippen LogP contribution in [0, 0.1) is 5.92 Å². The monoisotopic (exact) mass is 957 g/mol. The van der Waals surface area contributed by atoms with Crippen molar-refractivity contribution in [3.63, 3.8) is 0 Å². The van der Waals surface area contributed by atoms with Gasteiger partial charge in [-0.3, -0.25) is 4.79 Å². The zero-order valence-corrected chi connectivity index (χ0v) is 41.0. The van der Waals surface area contributed by atoms with E-state index >= 15 is 0 Å². The van der Waals surface area contributed by atoms with Gasteiger partial charge in [0.2, 0.25) is 5.75 Å². The number of anilines is 1. The van der Waals surface area contributed by atoms with Crippen LogP contribution in [0.2, 0.25) is 0 Å². The molecular formula is C60H67N3O8. The number of ether oxygens (including phenoxy) is 4. The van der Waals surface area contributed by atoms with Crippen LogP contribution in [0.5, 0.6) is 28.7 Å². The molecule has 1 aromatic heterocycles. The second-order valence-corrected chi connectivity index (χ2v) is 19.8. The minimum absolute atomic E-state index is 0.0240. The average molecular weight is 958 g/mol. The van der Waals surface area contributed by atoms with E-state index in [4.69, 9.17) is 18.9 Å². The Balaban J connectivity index is 1.08. The Morgan fingerprint density at radius 2 is 1.70 bits per heavy atom. The molecule has 1 saturated carbocycles. The summed E-state index contributed by atoms with van der Waals surface area (Å²) < 4.78 is 26.7. The number of rotatable bonds is 10. The molecule has 2 fully saturated rings. The lowest BCUT2D eigenvalue weighted by atomic mass is 9.71. The van der Waals surface area contributed by atoms with Crippen molar-refractivity contribution in [2.75, 3.05) is 51.5 Å². The lowest BCUT2D eigenvalue weighted by Crippen LogP contribution is -2.60. The number of phenols is 1. The number of aliphatic hydroxyl groups is 2. The molecule has 0 amide bonds. The van der Waals surface area contributed by atoms with Gasteiger partial charge in [-0.2, -0.15) is 0 Å². The molecular weight excluding hydrogens is 891 g/mol. The second kappa shape index (κ2) is 21.4. The third-order valence-corrected chi connectivity index (χ3v) is 15.3. The number of H-pyrrole nitrogens is 1. The lowest BCUT2D eigenvalue weighted by molar-refractivity contribution is 0.0834. The number of carbonyl (C=O) groups is 1. The predicted molar refractivity (Wildman–Crippen MR) is 278 cm³/mol. The van der Waals surface area contributed by atoms with Gasteiger partial charge in [0.15, 0.2) is 17.3 Å². The Morgan fingerprint density at radius 1 is 0.901 bits per heavy atom. The number of benzene rings is 5. The SMILES string of the molecule is CCc1cc2c([nH]1)N1CCNCC1C1(CCCC1)c1ccc(cc1)CC(CO)COc1c(c3c(c(OCCC(O)C=Cc4ccccc4)c1OC)C(=O)CC(c1ccc(O)cc1)O3)CCc1cccc-2c1. The number of piperazine rings is 1. The zero-order chi connectivity index (χ0) is 48.9. The van der Waals surface area contributed by atoms with E-state index in [0.717, 1.165) is 66.7 Å².